The number of rotatable bonds is 2. The molecule has 1 aliphatic rings. The molecule has 1 aromatic rings. The second-order valence-electron chi connectivity index (χ2n) is 5.78. The van der Waals surface area contributed by atoms with E-state index in [2.05, 4.69) is 15.3 Å². The van der Waals surface area contributed by atoms with Gasteiger partial charge >= 0.3 is 0 Å². The van der Waals surface area contributed by atoms with Gasteiger partial charge in [-0.05, 0) is 20.8 Å². The molecule has 0 saturated carbocycles. The Balaban J connectivity index is 2.02. The molecular formula is C13H22N4O2S2. The summed E-state index contributed by atoms with van der Waals surface area (Å²) in [6.45, 7) is 7.04. The fourth-order valence-corrected chi connectivity index (χ4v) is 4.37. The van der Waals surface area contributed by atoms with Crippen molar-refractivity contribution in [2.24, 2.45) is 4.99 Å². The highest BCUT2D eigenvalue weighted by Crippen LogP contribution is 2.23. The summed E-state index contributed by atoms with van der Waals surface area (Å²) in [5.41, 5.74) is 1.01. The molecule has 0 aromatic carbocycles. The van der Waals surface area contributed by atoms with Gasteiger partial charge < -0.3 is 10.2 Å². The smallest absolute Gasteiger partial charge is 0.194 e. The molecule has 2 heterocycles. The minimum absolute atomic E-state index is 0.164. The number of hydrogen-bond acceptors (Lipinski definition) is 5. The topological polar surface area (TPSA) is 74.7 Å². The number of aromatic nitrogens is 1. The van der Waals surface area contributed by atoms with Crippen LogP contribution < -0.4 is 5.32 Å². The molecule has 1 aliphatic heterocycles. The molecule has 6 nitrogen and oxygen atoms in total. The number of sulfone groups is 1. The van der Waals surface area contributed by atoms with Gasteiger partial charge in [0, 0.05) is 31.2 Å². The van der Waals surface area contributed by atoms with Gasteiger partial charge in [-0.25, -0.2) is 13.4 Å². The van der Waals surface area contributed by atoms with Crippen molar-refractivity contribution < 1.29 is 8.42 Å². The number of hydrogen-bond donors (Lipinski definition) is 1. The first-order chi connectivity index (χ1) is 9.75. The number of thiazole rings is 1. The van der Waals surface area contributed by atoms with Gasteiger partial charge in [0.15, 0.2) is 15.8 Å². The molecule has 118 valence electrons. The first-order valence-corrected chi connectivity index (χ1v) is 9.37. The summed E-state index contributed by atoms with van der Waals surface area (Å²) in [5.74, 6) is 0.891. The Bertz CT molecular complexity index is 634. The van der Waals surface area contributed by atoms with Gasteiger partial charge in [0.25, 0.3) is 0 Å². The van der Waals surface area contributed by atoms with Crippen LogP contribution in [0.15, 0.2) is 10.4 Å². The molecule has 21 heavy (non-hydrogen) atoms. The summed E-state index contributed by atoms with van der Waals surface area (Å²) in [4.78, 5) is 10.7. The van der Waals surface area contributed by atoms with Gasteiger partial charge in [-0.2, -0.15) is 0 Å². The third-order valence-electron chi connectivity index (χ3n) is 3.62. The van der Waals surface area contributed by atoms with E-state index >= 15 is 0 Å². The number of nitrogens with zero attached hydrogens (tertiary/aromatic N) is 3. The van der Waals surface area contributed by atoms with Crippen LogP contribution in [0.3, 0.4) is 0 Å². The lowest BCUT2D eigenvalue weighted by atomic mass is 10.2. The van der Waals surface area contributed by atoms with E-state index < -0.39 is 14.6 Å². The number of nitrogens with one attached hydrogen (secondary N) is 1. The third kappa shape index (κ3) is 3.55. The fourth-order valence-electron chi connectivity index (χ4n) is 2.30. The molecule has 0 aliphatic carbocycles. The highest BCUT2D eigenvalue weighted by Gasteiger charge is 2.40. The van der Waals surface area contributed by atoms with Crippen molar-refractivity contribution in [1.82, 2.24) is 15.2 Å². The molecule has 0 atom stereocenters. The van der Waals surface area contributed by atoms with Gasteiger partial charge in [-0.15, -0.1) is 11.3 Å². The van der Waals surface area contributed by atoms with E-state index in [0.29, 0.717) is 19.6 Å². The van der Waals surface area contributed by atoms with E-state index in [-0.39, 0.29) is 5.75 Å². The van der Waals surface area contributed by atoms with Crippen LogP contribution in [0.1, 0.15) is 24.5 Å². The van der Waals surface area contributed by atoms with Crippen LogP contribution in [0, 0.1) is 6.92 Å². The maximum Gasteiger partial charge on any atom is 0.194 e. The van der Waals surface area contributed by atoms with Gasteiger partial charge in [-0.1, -0.05) is 0 Å². The molecule has 8 heteroatoms. The lowest BCUT2D eigenvalue weighted by molar-refractivity contribution is 0.353. The lowest BCUT2D eigenvalue weighted by Gasteiger charge is -2.39. The van der Waals surface area contributed by atoms with Crippen LogP contribution in [-0.2, 0) is 16.4 Å². The predicted molar refractivity (Wildman–Crippen MR) is 86.5 cm³/mol. The maximum absolute atomic E-state index is 12.0. The SMILES string of the molecule is CN=C(NCc1nc(C)cs1)N1CCS(=O)(=O)C(C)(C)C1. The van der Waals surface area contributed by atoms with Crippen molar-refractivity contribution >= 4 is 27.1 Å². The zero-order valence-electron chi connectivity index (χ0n) is 12.9. The van der Waals surface area contributed by atoms with Crippen LogP contribution in [-0.4, -0.2) is 54.9 Å². The largest absolute Gasteiger partial charge is 0.350 e. The Labute approximate surface area is 130 Å². The van der Waals surface area contributed by atoms with E-state index in [4.69, 9.17) is 0 Å². The van der Waals surface area contributed by atoms with Crippen LogP contribution in [0.5, 0.6) is 0 Å². The van der Waals surface area contributed by atoms with Gasteiger partial charge in [-0.3, -0.25) is 4.99 Å². The zero-order valence-corrected chi connectivity index (χ0v) is 14.5. The minimum Gasteiger partial charge on any atom is -0.350 e. The van der Waals surface area contributed by atoms with E-state index in [9.17, 15) is 8.42 Å². The average Bonchev–Trinajstić information content (AvgIpc) is 2.80. The number of aliphatic imine (C=N–C) groups is 1. The van der Waals surface area contributed by atoms with Crippen LogP contribution >= 0.6 is 11.3 Å². The van der Waals surface area contributed by atoms with Gasteiger partial charge in [0.05, 0.1) is 17.0 Å². The molecule has 0 amide bonds. The second kappa shape index (κ2) is 5.92. The van der Waals surface area contributed by atoms with Crippen LogP contribution in [0.4, 0.5) is 0 Å². The Kier molecular flexibility index (Phi) is 4.57. The highest BCUT2D eigenvalue weighted by molar-refractivity contribution is 7.92. The van der Waals surface area contributed by atoms with Crippen molar-refractivity contribution in [2.75, 3.05) is 25.9 Å². The summed E-state index contributed by atoms with van der Waals surface area (Å²) in [6.07, 6.45) is 0. The number of guanidine groups is 1. The summed E-state index contributed by atoms with van der Waals surface area (Å²) in [7, 11) is -1.32. The summed E-state index contributed by atoms with van der Waals surface area (Å²) < 4.78 is 23.3. The maximum atomic E-state index is 12.0. The van der Waals surface area contributed by atoms with E-state index in [0.717, 1.165) is 16.7 Å². The fraction of sp³-hybridized carbons (Fsp3) is 0.692. The van der Waals surface area contributed by atoms with Crippen molar-refractivity contribution in [3.05, 3.63) is 16.1 Å². The summed E-state index contributed by atoms with van der Waals surface area (Å²) in [6, 6.07) is 0. The molecule has 1 N–H and O–H groups in total. The molecule has 1 aromatic heterocycles. The summed E-state index contributed by atoms with van der Waals surface area (Å²) in [5, 5.41) is 6.27. The molecule has 1 fully saturated rings. The van der Waals surface area contributed by atoms with Crippen molar-refractivity contribution in [3.8, 4) is 0 Å². The quantitative estimate of drug-likeness (QED) is 0.648. The summed E-state index contributed by atoms with van der Waals surface area (Å²) >= 11 is 1.61. The average molecular weight is 330 g/mol. The predicted octanol–water partition coefficient (Wildman–Crippen LogP) is 1.04. The molecule has 0 unspecified atom stereocenters. The Hall–Kier alpha value is -1.15. The molecule has 0 radical (unpaired) electrons. The monoisotopic (exact) mass is 330 g/mol. The van der Waals surface area contributed by atoms with E-state index in [1.807, 2.05) is 17.2 Å². The number of aryl methyl sites for hydroxylation is 1. The van der Waals surface area contributed by atoms with Crippen LogP contribution in [0.2, 0.25) is 0 Å². The van der Waals surface area contributed by atoms with Crippen molar-refractivity contribution in [3.63, 3.8) is 0 Å². The van der Waals surface area contributed by atoms with Gasteiger partial charge in [0.2, 0.25) is 0 Å². The van der Waals surface area contributed by atoms with Crippen molar-refractivity contribution in [2.45, 2.75) is 32.1 Å². The molecule has 1 saturated heterocycles. The highest BCUT2D eigenvalue weighted by atomic mass is 32.2. The van der Waals surface area contributed by atoms with Gasteiger partial charge in [0.1, 0.15) is 5.01 Å². The Morgan fingerprint density at radius 2 is 2.29 bits per heavy atom. The third-order valence-corrected chi connectivity index (χ3v) is 7.12. The standard InChI is InChI=1S/C13H22N4O2S2/c1-10-8-20-11(16-10)7-15-12(14-4)17-5-6-21(18,19)13(2,3)9-17/h8H,5-7,9H2,1-4H3,(H,14,15). The molecular weight excluding hydrogens is 308 g/mol. The van der Waals surface area contributed by atoms with E-state index in [1.54, 1.807) is 32.2 Å². The Morgan fingerprint density at radius 3 is 2.81 bits per heavy atom. The molecule has 2 rings (SSSR count). The van der Waals surface area contributed by atoms with Crippen molar-refractivity contribution in [1.29, 1.82) is 0 Å². The second-order valence-corrected chi connectivity index (χ2v) is 9.47. The molecule has 0 spiro atoms. The van der Waals surface area contributed by atoms with E-state index in [1.165, 1.54) is 0 Å². The molecule has 0 bridgehead atoms. The lowest BCUT2D eigenvalue weighted by Crippen LogP contribution is -2.57. The minimum atomic E-state index is -3.03. The first-order valence-electron chi connectivity index (χ1n) is 6.84. The first kappa shape index (κ1) is 16.2. The zero-order chi connectivity index (χ0) is 15.7. The van der Waals surface area contributed by atoms with Crippen LogP contribution in [0.25, 0.3) is 0 Å². The normalized spacial score (nSPS) is 21.3. The Morgan fingerprint density at radius 1 is 1.57 bits per heavy atom.